The zero-order valence-corrected chi connectivity index (χ0v) is 11.8. The van der Waals surface area contributed by atoms with E-state index in [9.17, 15) is 4.79 Å². The van der Waals surface area contributed by atoms with Gasteiger partial charge in [0.25, 0.3) is 0 Å². The average Bonchev–Trinajstić information content (AvgIpc) is 2.89. The van der Waals surface area contributed by atoms with Gasteiger partial charge in [0.2, 0.25) is 5.91 Å². The molecule has 0 atom stereocenters. The van der Waals surface area contributed by atoms with E-state index < -0.39 is 0 Å². The number of carbonyl (C=O) groups excluding carboxylic acids is 1. The third-order valence-electron chi connectivity index (χ3n) is 5.17. The highest BCUT2D eigenvalue weighted by molar-refractivity contribution is 5.83. The molecule has 0 unspecified atom stereocenters. The number of hydrogen-bond donors (Lipinski definition) is 1. The topological polar surface area (TPSA) is 46.3 Å². The normalized spacial score (nSPS) is 24.4. The first kappa shape index (κ1) is 13.9. The fourth-order valence-electron chi connectivity index (χ4n) is 3.77. The SMILES string of the molecule is CCC1(C(=O)N2CCC(CCN)CC2)CCCC1. The van der Waals surface area contributed by atoms with Crippen LogP contribution in [0.15, 0.2) is 0 Å². The monoisotopic (exact) mass is 252 g/mol. The highest BCUT2D eigenvalue weighted by Gasteiger charge is 2.42. The van der Waals surface area contributed by atoms with Gasteiger partial charge < -0.3 is 10.6 Å². The van der Waals surface area contributed by atoms with Crippen LogP contribution >= 0.6 is 0 Å². The van der Waals surface area contributed by atoms with Crippen molar-refractivity contribution in [1.82, 2.24) is 4.90 Å². The summed E-state index contributed by atoms with van der Waals surface area (Å²) in [5.74, 6) is 1.20. The quantitative estimate of drug-likeness (QED) is 0.836. The molecular formula is C15H28N2O. The molecule has 0 aromatic heterocycles. The molecule has 2 fully saturated rings. The van der Waals surface area contributed by atoms with Gasteiger partial charge in [-0.1, -0.05) is 19.8 Å². The Kier molecular flexibility index (Phi) is 4.66. The van der Waals surface area contributed by atoms with Gasteiger partial charge in [-0.15, -0.1) is 0 Å². The molecule has 104 valence electrons. The molecule has 1 aliphatic heterocycles. The van der Waals surface area contributed by atoms with E-state index in [-0.39, 0.29) is 5.41 Å². The van der Waals surface area contributed by atoms with Gasteiger partial charge in [0, 0.05) is 18.5 Å². The van der Waals surface area contributed by atoms with Crippen LogP contribution in [0.4, 0.5) is 0 Å². The second kappa shape index (κ2) is 6.05. The highest BCUT2D eigenvalue weighted by Crippen LogP contribution is 2.43. The van der Waals surface area contributed by atoms with Crippen LogP contribution in [0.5, 0.6) is 0 Å². The minimum absolute atomic E-state index is 0.000698. The lowest BCUT2D eigenvalue weighted by molar-refractivity contribution is -0.143. The first-order valence-electron chi connectivity index (χ1n) is 7.71. The summed E-state index contributed by atoms with van der Waals surface area (Å²) in [4.78, 5) is 14.9. The minimum Gasteiger partial charge on any atom is -0.342 e. The number of likely N-dealkylation sites (tertiary alicyclic amines) is 1. The molecule has 0 aromatic rings. The summed E-state index contributed by atoms with van der Waals surface area (Å²) in [5.41, 5.74) is 5.62. The van der Waals surface area contributed by atoms with Crippen molar-refractivity contribution in [2.45, 2.75) is 58.3 Å². The van der Waals surface area contributed by atoms with Crippen molar-refractivity contribution in [1.29, 1.82) is 0 Å². The molecule has 18 heavy (non-hydrogen) atoms. The van der Waals surface area contributed by atoms with Crippen molar-refractivity contribution < 1.29 is 4.79 Å². The fraction of sp³-hybridized carbons (Fsp3) is 0.933. The Hall–Kier alpha value is -0.570. The lowest BCUT2D eigenvalue weighted by Crippen LogP contribution is -2.46. The average molecular weight is 252 g/mol. The highest BCUT2D eigenvalue weighted by atomic mass is 16.2. The third-order valence-corrected chi connectivity index (χ3v) is 5.17. The Morgan fingerprint density at radius 1 is 1.28 bits per heavy atom. The van der Waals surface area contributed by atoms with Crippen molar-refractivity contribution in [3.05, 3.63) is 0 Å². The fourth-order valence-corrected chi connectivity index (χ4v) is 3.77. The number of hydrogen-bond acceptors (Lipinski definition) is 2. The Bertz CT molecular complexity index is 276. The Balaban J connectivity index is 1.90. The zero-order chi connectivity index (χ0) is 13.0. The summed E-state index contributed by atoms with van der Waals surface area (Å²) in [6, 6.07) is 0. The summed E-state index contributed by atoms with van der Waals surface area (Å²) in [6.45, 7) is 4.90. The lowest BCUT2D eigenvalue weighted by atomic mass is 9.81. The number of carbonyl (C=O) groups is 1. The molecule has 1 amide bonds. The van der Waals surface area contributed by atoms with Gasteiger partial charge in [-0.3, -0.25) is 4.79 Å². The maximum atomic E-state index is 12.7. The van der Waals surface area contributed by atoms with Crippen LogP contribution in [0.3, 0.4) is 0 Å². The number of nitrogens with two attached hydrogens (primary N) is 1. The molecule has 1 saturated heterocycles. The molecule has 1 heterocycles. The molecule has 2 rings (SSSR count). The van der Waals surface area contributed by atoms with Crippen molar-refractivity contribution in [2.24, 2.45) is 17.1 Å². The third kappa shape index (κ3) is 2.71. The van der Waals surface area contributed by atoms with Crippen molar-refractivity contribution in [2.75, 3.05) is 19.6 Å². The van der Waals surface area contributed by atoms with Crippen LogP contribution in [0.1, 0.15) is 58.3 Å². The van der Waals surface area contributed by atoms with Gasteiger partial charge in [-0.2, -0.15) is 0 Å². The summed E-state index contributed by atoms with van der Waals surface area (Å²) >= 11 is 0. The number of nitrogens with zero attached hydrogens (tertiary/aromatic N) is 1. The van der Waals surface area contributed by atoms with Gasteiger partial charge >= 0.3 is 0 Å². The van der Waals surface area contributed by atoms with Crippen LogP contribution in [-0.4, -0.2) is 30.4 Å². The molecule has 0 bridgehead atoms. The standard InChI is InChI=1S/C15H28N2O/c1-2-15(8-3-4-9-15)14(18)17-11-6-13(5-10-16)7-12-17/h13H,2-12,16H2,1H3. The molecule has 0 aromatic carbocycles. The van der Waals surface area contributed by atoms with Crippen LogP contribution in [-0.2, 0) is 4.79 Å². The van der Waals surface area contributed by atoms with Gasteiger partial charge in [-0.05, 0) is 51.0 Å². The first-order valence-corrected chi connectivity index (χ1v) is 7.71. The Labute approximate surface area is 111 Å². The number of amides is 1. The summed E-state index contributed by atoms with van der Waals surface area (Å²) in [7, 11) is 0. The van der Waals surface area contributed by atoms with E-state index >= 15 is 0 Å². The van der Waals surface area contributed by atoms with Gasteiger partial charge in [0.15, 0.2) is 0 Å². The molecule has 2 aliphatic rings. The van der Waals surface area contributed by atoms with Gasteiger partial charge in [-0.25, -0.2) is 0 Å². The van der Waals surface area contributed by atoms with Crippen LogP contribution in [0.2, 0.25) is 0 Å². The Morgan fingerprint density at radius 2 is 1.89 bits per heavy atom. The molecular weight excluding hydrogens is 224 g/mol. The molecule has 2 N–H and O–H groups in total. The summed E-state index contributed by atoms with van der Waals surface area (Å²) in [5, 5.41) is 0. The largest absolute Gasteiger partial charge is 0.342 e. The molecule has 0 spiro atoms. The predicted octanol–water partition coefficient (Wildman–Crippen LogP) is 2.54. The zero-order valence-electron chi connectivity index (χ0n) is 11.8. The van der Waals surface area contributed by atoms with Crippen molar-refractivity contribution in [3.8, 4) is 0 Å². The van der Waals surface area contributed by atoms with Crippen molar-refractivity contribution in [3.63, 3.8) is 0 Å². The Morgan fingerprint density at radius 3 is 2.39 bits per heavy atom. The van der Waals surface area contributed by atoms with E-state index in [2.05, 4.69) is 11.8 Å². The maximum absolute atomic E-state index is 12.7. The van der Waals surface area contributed by atoms with Crippen LogP contribution in [0.25, 0.3) is 0 Å². The molecule has 1 saturated carbocycles. The lowest BCUT2D eigenvalue weighted by Gasteiger charge is -2.38. The van der Waals surface area contributed by atoms with Gasteiger partial charge in [0.05, 0.1) is 0 Å². The van der Waals surface area contributed by atoms with Crippen molar-refractivity contribution >= 4 is 5.91 Å². The molecule has 1 aliphatic carbocycles. The number of rotatable bonds is 4. The maximum Gasteiger partial charge on any atom is 0.228 e. The predicted molar refractivity (Wildman–Crippen MR) is 74.2 cm³/mol. The van der Waals surface area contributed by atoms with E-state index in [4.69, 9.17) is 5.73 Å². The molecule has 0 radical (unpaired) electrons. The van der Waals surface area contributed by atoms with E-state index in [1.54, 1.807) is 0 Å². The van der Waals surface area contributed by atoms with Crippen LogP contribution in [0, 0.1) is 11.3 Å². The smallest absolute Gasteiger partial charge is 0.228 e. The second-order valence-electron chi connectivity index (χ2n) is 6.15. The number of piperidine rings is 1. The van der Waals surface area contributed by atoms with Gasteiger partial charge in [0.1, 0.15) is 0 Å². The summed E-state index contributed by atoms with van der Waals surface area (Å²) in [6.07, 6.45) is 9.17. The molecule has 3 heteroatoms. The first-order chi connectivity index (χ1) is 8.72. The van der Waals surface area contributed by atoms with E-state index in [0.717, 1.165) is 64.1 Å². The van der Waals surface area contributed by atoms with E-state index in [1.807, 2.05) is 0 Å². The second-order valence-corrected chi connectivity index (χ2v) is 6.15. The van der Waals surface area contributed by atoms with Crippen LogP contribution < -0.4 is 5.73 Å². The van der Waals surface area contributed by atoms with E-state index in [1.165, 1.54) is 12.8 Å². The van der Waals surface area contributed by atoms with E-state index in [0.29, 0.717) is 5.91 Å². The summed E-state index contributed by atoms with van der Waals surface area (Å²) < 4.78 is 0. The minimum atomic E-state index is 0.000698. The molecule has 3 nitrogen and oxygen atoms in total.